The van der Waals surface area contributed by atoms with Gasteiger partial charge in [0.2, 0.25) is 10.0 Å². The number of methoxy groups -OCH3 is 1. The van der Waals surface area contributed by atoms with Gasteiger partial charge in [0.05, 0.1) is 6.61 Å². The molecule has 2 N–H and O–H groups in total. The Bertz CT molecular complexity index is 705. The molecule has 0 radical (unpaired) electrons. The molecule has 0 aliphatic heterocycles. The van der Waals surface area contributed by atoms with Crippen LogP contribution in [0, 0.1) is 6.92 Å². The molecule has 142 valence electrons. The molecular formula is C15H25N3O5S2. The fourth-order valence-corrected chi connectivity index (χ4v) is 3.70. The second kappa shape index (κ2) is 11.1. The Morgan fingerprint density at radius 2 is 1.92 bits per heavy atom. The average molecular weight is 392 g/mol. The number of likely N-dealkylation sites (N-methyl/N-ethyl adjacent to an activating group) is 2. The third kappa shape index (κ3) is 8.92. The average Bonchev–Trinajstić information content (AvgIpc) is 2.86. The van der Waals surface area contributed by atoms with E-state index in [1.54, 1.807) is 13.2 Å². The molecule has 1 rings (SSSR count). The van der Waals surface area contributed by atoms with E-state index < -0.39 is 10.0 Å². The molecule has 0 aromatic carbocycles. The molecule has 0 aliphatic carbocycles. The van der Waals surface area contributed by atoms with E-state index in [-0.39, 0.29) is 10.4 Å². The Hall–Kier alpha value is -1.55. The number of thiophene rings is 1. The number of hydrogen-bond donors (Lipinski definition) is 1. The van der Waals surface area contributed by atoms with Gasteiger partial charge >= 0.3 is 6.15 Å². The highest BCUT2D eigenvalue weighted by Gasteiger charge is 2.14. The summed E-state index contributed by atoms with van der Waals surface area (Å²) in [6.45, 7) is 4.14. The molecule has 0 saturated carbocycles. The van der Waals surface area contributed by atoms with Crippen LogP contribution in [0.1, 0.15) is 10.4 Å². The van der Waals surface area contributed by atoms with Crippen LogP contribution in [-0.2, 0) is 24.3 Å². The number of ether oxygens (including phenoxy) is 1. The summed E-state index contributed by atoms with van der Waals surface area (Å²) in [5.41, 5.74) is 1.97. The first-order valence-electron chi connectivity index (χ1n) is 7.24. The van der Waals surface area contributed by atoms with Crippen LogP contribution in [0.5, 0.6) is 0 Å². The van der Waals surface area contributed by atoms with Crippen LogP contribution < -0.4 is 5.14 Å². The third-order valence-electron chi connectivity index (χ3n) is 3.22. The quantitative estimate of drug-likeness (QED) is 0.691. The lowest BCUT2D eigenvalue weighted by Gasteiger charge is -2.23. The normalized spacial score (nSPS) is 11.7. The SMILES string of the molecule is COCCN(C)C/C(=C/c1cc(S(N)(=O)=O)sc1C)N(C)C.O=C=O. The van der Waals surface area contributed by atoms with Crippen LogP contribution in [0.3, 0.4) is 0 Å². The lowest BCUT2D eigenvalue weighted by Crippen LogP contribution is -2.29. The van der Waals surface area contributed by atoms with E-state index in [9.17, 15) is 8.42 Å². The molecule has 1 heterocycles. The number of primary sulfonamides is 1. The van der Waals surface area contributed by atoms with E-state index in [1.807, 2.05) is 39.0 Å². The van der Waals surface area contributed by atoms with Gasteiger partial charge in [0.1, 0.15) is 4.21 Å². The minimum Gasteiger partial charge on any atom is -0.383 e. The summed E-state index contributed by atoms with van der Waals surface area (Å²) < 4.78 is 28.2. The van der Waals surface area contributed by atoms with Crippen LogP contribution in [0.2, 0.25) is 0 Å². The van der Waals surface area contributed by atoms with Gasteiger partial charge in [-0.15, -0.1) is 11.3 Å². The molecular weight excluding hydrogens is 366 g/mol. The minimum atomic E-state index is -3.65. The van der Waals surface area contributed by atoms with Crippen LogP contribution in [0.15, 0.2) is 16.0 Å². The van der Waals surface area contributed by atoms with E-state index in [0.29, 0.717) is 6.61 Å². The lowest BCUT2D eigenvalue weighted by atomic mass is 10.2. The fourth-order valence-electron chi connectivity index (χ4n) is 1.85. The summed E-state index contributed by atoms with van der Waals surface area (Å²) in [6, 6.07) is 1.63. The topological polar surface area (TPSA) is 110 Å². The van der Waals surface area contributed by atoms with Crippen LogP contribution in [0.4, 0.5) is 0 Å². The van der Waals surface area contributed by atoms with Crippen molar-refractivity contribution in [3.05, 3.63) is 22.2 Å². The molecule has 0 amide bonds. The Kier molecular flexibility index (Phi) is 10.4. The molecule has 0 bridgehead atoms. The van der Waals surface area contributed by atoms with Crippen molar-refractivity contribution in [2.45, 2.75) is 11.1 Å². The molecule has 1 aromatic heterocycles. The van der Waals surface area contributed by atoms with Crippen molar-refractivity contribution in [1.82, 2.24) is 9.80 Å². The number of nitrogens with two attached hydrogens (primary N) is 1. The van der Waals surface area contributed by atoms with E-state index in [2.05, 4.69) is 4.90 Å². The Balaban J connectivity index is 0.00000178. The predicted molar refractivity (Wildman–Crippen MR) is 96.5 cm³/mol. The second-order valence-corrected chi connectivity index (χ2v) is 8.51. The smallest absolute Gasteiger partial charge is 0.373 e. The second-order valence-electron chi connectivity index (χ2n) is 5.47. The molecule has 0 aliphatic rings. The Labute approximate surface area is 152 Å². The molecule has 10 heteroatoms. The van der Waals surface area contributed by atoms with Gasteiger partial charge in [-0.05, 0) is 31.7 Å². The van der Waals surface area contributed by atoms with Crippen molar-refractivity contribution < 1.29 is 22.7 Å². The first kappa shape index (κ1) is 23.4. The van der Waals surface area contributed by atoms with Crippen molar-refractivity contribution in [1.29, 1.82) is 0 Å². The van der Waals surface area contributed by atoms with Crippen molar-refractivity contribution in [3.63, 3.8) is 0 Å². The number of aryl methyl sites for hydroxylation is 1. The van der Waals surface area contributed by atoms with Crippen LogP contribution in [-0.4, -0.2) is 72.3 Å². The molecule has 0 fully saturated rings. The van der Waals surface area contributed by atoms with Gasteiger partial charge in [-0.25, -0.2) is 13.6 Å². The van der Waals surface area contributed by atoms with E-state index >= 15 is 0 Å². The van der Waals surface area contributed by atoms with Crippen molar-refractivity contribution in [2.24, 2.45) is 5.14 Å². The fraction of sp³-hybridized carbons (Fsp3) is 0.533. The first-order valence-corrected chi connectivity index (χ1v) is 9.61. The van der Waals surface area contributed by atoms with E-state index in [4.69, 9.17) is 19.5 Å². The van der Waals surface area contributed by atoms with Crippen molar-refractivity contribution in [3.8, 4) is 0 Å². The van der Waals surface area contributed by atoms with Gasteiger partial charge in [0, 0.05) is 44.9 Å². The van der Waals surface area contributed by atoms with Gasteiger partial charge < -0.3 is 9.64 Å². The lowest BCUT2D eigenvalue weighted by molar-refractivity contribution is -0.191. The maximum absolute atomic E-state index is 11.4. The highest BCUT2D eigenvalue weighted by atomic mass is 32.2. The summed E-state index contributed by atoms with van der Waals surface area (Å²) in [7, 11) is 4.00. The van der Waals surface area contributed by atoms with Crippen LogP contribution >= 0.6 is 11.3 Å². The largest absolute Gasteiger partial charge is 0.383 e. The Morgan fingerprint density at radius 3 is 2.32 bits per heavy atom. The first-order chi connectivity index (χ1) is 11.6. The zero-order chi connectivity index (χ0) is 19.6. The summed E-state index contributed by atoms with van der Waals surface area (Å²) in [5.74, 6) is 0. The van der Waals surface area contributed by atoms with E-state index in [1.165, 1.54) is 11.3 Å². The predicted octanol–water partition coefficient (Wildman–Crippen LogP) is 0.601. The molecule has 0 atom stereocenters. The monoisotopic (exact) mass is 391 g/mol. The minimum absolute atomic E-state index is 0.196. The van der Waals surface area contributed by atoms with Gasteiger partial charge in [0.25, 0.3) is 0 Å². The van der Waals surface area contributed by atoms with Gasteiger partial charge in [0.15, 0.2) is 0 Å². The third-order valence-corrected chi connectivity index (χ3v) is 5.71. The van der Waals surface area contributed by atoms with Gasteiger partial charge in [-0.3, -0.25) is 4.90 Å². The van der Waals surface area contributed by atoms with Crippen molar-refractivity contribution >= 4 is 33.6 Å². The number of rotatable bonds is 8. The zero-order valence-electron chi connectivity index (χ0n) is 15.1. The maximum atomic E-state index is 11.4. The molecule has 0 saturated heterocycles. The molecule has 0 spiro atoms. The summed E-state index contributed by atoms with van der Waals surface area (Å²) in [4.78, 5) is 21.4. The van der Waals surface area contributed by atoms with E-state index in [0.717, 1.165) is 29.2 Å². The molecule has 0 unspecified atom stereocenters. The number of nitrogens with zero attached hydrogens (tertiary/aromatic N) is 2. The van der Waals surface area contributed by atoms with Gasteiger partial charge in [-0.2, -0.15) is 9.59 Å². The standard InChI is InChI=1S/C14H25N3O3S2.CO2/c1-11-12(9-14(21-11)22(15,18)19)8-13(16(2)3)10-17(4)6-7-20-5;2-1-3/h8-9H,6-7,10H2,1-5H3,(H2,15,18,19);/b13-8-;. The van der Waals surface area contributed by atoms with Gasteiger partial charge in [-0.1, -0.05) is 0 Å². The number of sulfonamides is 1. The Morgan fingerprint density at radius 1 is 1.36 bits per heavy atom. The summed E-state index contributed by atoms with van der Waals surface area (Å²) >= 11 is 1.20. The maximum Gasteiger partial charge on any atom is 0.373 e. The molecule has 8 nitrogen and oxygen atoms in total. The highest BCUT2D eigenvalue weighted by Crippen LogP contribution is 2.27. The molecule has 1 aromatic rings. The van der Waals surface area contributed by atoms with Crippen LogP contribution in [0.25, 0.3) is 6.08 Å². The molecule has 25 heavy (non-hydrogen) atoms. The number of carbonyl (C=O) groups excluding carboxylic acids is 2. The zero-order valence-corrected chi connectivity index (χ0v) is 16.7. The summed E-state index contributed by atoms with van der Waals surface area (Å²) in [5, 5.41) is 5.19. The number of hydrogen-bond acceptors (Lipinski definition) is 8. The summed E-state index contributed by atoms with van der Waals surface area (Å²) in [6.07, 6.45) is 2.25. The highest BCUT2D eigenvalue weighted by molar-refractivity contribution is 7.91. The van der Waals surface area contributed by atoms with Crippen molar-refractivity contribution in [2.75, 3.05) is 47.9 Å².